The van der Waals surface area contributed by atoms with Crippen LogP contribution in [0.1, 0.15) is 25.7 Å². The monoisotopic (exact) mass is 216 g/mol. The van der Waals surface area contributed by atoms with Gasteiger partial charge in [-0.3, -0.25) is 0 Å². The highest BCUT2D eigenvalue weighted by atomic mass is 16.5. The molecule has 0 spiro atoms. The standard InChI is InChI=1S/C10H20N2O3/c13-7-6-12-10(14)11-5-4-9-3-1-2-8-15-9/h9,13H,1-8H2,(H2,11,12,14). The Bertz CT molecular complexity index is 182. The summed E-state index contributed by atoms with van der Waals surface area (Å²) in [7, 11) is 0. The summed E-state index contributed by atoms with van der Waals surface area (Å²) in [5.41, 5.74) is 0. The summed E-state index contributed by atoms with van der Waals surface area (Å²) < 4.78 is 5.53. The molecule has 0 saturated carbocycles. The van der Waals surface area contributed by atoms with Gasteiger partial charge in [0.15, 0.2) is 0 Å². The van der Waals surface area contributed by atoms with E-state index in [0.29, 0.717) is 19.2 Å². The zero-order valence-electron chi connectivity index (χ0n) is 9.00. The molecular formula is C10H20N2O3. The van der Waals surface area contributed by atoms with E-state index in [2.05, 4.69) is 10.6 Å². The summed E-state index contributed by atoms with van der Waals surface area (Å²) in [6, 6.07) is -0.222. The average molecular weight is 216 g/mol. The molecule has 15 heavy (non-hydrogen) atoms. The van der Waals surface area contributed by atoms with E-state index in [0.717, 1.165) is 25.9 Å². The minimum atomic E-state index is -0.222. The first kappa shape index (κ1) is 12.3. The molecule has 5 heteroatoms. The van der Waals surface area contributed by atoms with Crippen molar-refractivity contribution in [2.45, 2.75) is 31.8 Å². The van der Waals surface area contributed by atoms with Gasteiger partial charge in [0.25, 0.3) is 0 Å². The smallest absolute Gasteiger partial charge is 0.314 e. The number of hydrogen-bond acceptors (Lipinski definition) is 3. The molecule has 3 N–H and O–H groups in total. The molecule has 1 unspecified atom stereocenters. The summed E-state index contributed by atoms with van der Waals surface area (Å²) in [5, 5.41) is 13.7. The second-order valence-corrected chi connectivity index (χ2v) is 3.68. The van der Waals surface area contributed by atoms with E-state index in [4.69, 9.17) is 9.84 Å². The quantitative estimate of drug-likeness (QED) is 0.616. The first-order valence-electron chi connectivity index (χ1n) is 5.57. The van der Waals surface area contributed by atoms with E-state index in [1.165, 1.54) is 6.42 Å². The van der Waals surface area contributed by atoms with Crippen molar-refractivity contribution in [3.63, 3.8) is 0 Å². The lowest BCUT2D eigenvalue weighted by atomic mass is 10.1. The zero-order valence-corrected chi connectivity index (χ0v) is 9.00. The van der Waals surface area contributed by atoms with Gasteiger partial charge in [0.1, 0.15) is 0 Å². The van der Waals surface area contributed by atoms with Crippen molar-refractivity contribution in [3.8, 4) is 0 Å². The fraction of sp³-hybridized carbons (Fsp3) is 0.900. The van der Waals surface area contributed by atoms with Gasteiger partial charge in [-0.2, -0.15) is 0 Å². The predicted molar refractivity (Wildman–Crippen MR) is 56.7 cm³/mol. The van der Waals surface area contributed by atoms with Gasteiger partial charge in [-0.1, -0.05) is 0 Å². The van der Waals surface area contributed by atoms with Crippen molar-refractivity contribution in [2.24, 2.45) is 0 Å². The van der Waals surface area contributed by atoms with E-state index in [-0.39, 0.29) is 12.6 Å². The normalized spacial score (nSPS) is 21.0. The zero-order chi connectivity index (χ0) is 10.9. The summed E-state index contributed by atoms with van der Waals surface area (Å²) in [6.45, 7) is 1.74. The van der Waals surface area contributed by atoms with Crippen molar-refractivity contribution in [2.75, 3.05) is 26.3 Å². The maximum Gasteiger partial charge on any atom is 0.314 e. The van der Waals surface area contributed by atoms with Gasteiger partial charge in [-0.15, -0.1) is 0 Å². The Labute approximate surface area is 90.2 Å². The number of hydrogen-bond donors (Lipinski definition) is 3. The fourth-order valence-corrected chi connectivity index (χ4v) is 1.61. The number of amides is 2. The highest BCUT2D eigenvalue weighted by Gasteiger charge is 2.13. The second kappa shape index (κ2) is 7.48. The molecule has 5 nitrogen and oxygen atoms in total. The minimum absolute atomic E-state index is 0.0286. The first-order chi connectivity index (χ1) is 7.33. The van der Waals surface area contributed by atoms with E-state index in [1.54, 1.807) is 0 Å². The number of aliphatic hydroxyl groups excluding tert-OH is 1. The van der Waals surface area contributed by atoms with Crippen LogP contribution in [0, 0.1) is 0 Å². The first-order valence-corrected chi connectivity index (χ1v) is 5.57. The number of rotatable bonds is 5. The molecule has 1 heterocycles. The highest BCUT2D eigenvalue weighted by Crippen LogP contribution is 2.14. The van der Waals surface area contributed by atoms with E-state index in [9.17, 15) is 4.79 Å². The molecule has 0 aromatic heterocycles. The number of carbonyl (C=O) groups is 1. The third kappa shape index (κ3) is 5.59. The molecule has 0 aliphatic carbocycles. The van der Waals surface area contributed by atoms with Gasteiger partial charge in [-0.25, -0.2) is 4.79 Å². The van der Waals surface area contributed by atoms with Crippen LogP contribution in [0.5, 0.6) is 0 Å². The molecule has 1 rings (SSSR count). The lowest BCUT2D eigenvalue weighted by Gasteiger charge is -2.22. The summed E-state index contributed by atoms with van der Waals surface area (Å²) in [4.78, 5) is 11.1. The summed E-state index contributed by atoms with van der Waals surface area (Å²) in [5.74, 6) is 0. The van der Waals surface area contributed by atoms with Gasteiger partial charge < -0.3 is 20.5 Å². The Morgan fingerprint density at radius 2 is 2.13 bits per heavy atom. The summed E-state index contributed by atoms with van der Waals surface area (Å²) >= 11 is 0. The maximum atomic E-state index is 11.1. The Balaban J connectivity index is 1.97. The predicted octanol–water partition coefficient (Wildman–Crippen LogP) is 0.237. The van der Waals surface area contributed by atoms with Gasteiger partial charge in [0, 0.05) is 19.7 Å². The van der Waals surface area contributed by atoms with Gasteiger partial charge >= 0.3 is 6.03 Å². The Morgan fingerprint density at radius 3 is 2.80 bits per heavy atom. The molecule has 2 amide bonds. The maximum absolute atomic E-state index is 11.1. The number of urea groups is 1. The Morgan fingerprint density at radius 1 is 1.33 bits per heavy atom. The van der Waals surface area contributed by atoms with E-state index >= 15 is 0 Å². The van der Waals surface area contributed by atoms with Crippen LogP contribution in [0.4, 0.5) is 4.79 Å². The van der Waals surface area contributed by atoms with Crippen molar-refractivity contribution in [1.29, 1.82) is 0 Å². The van der Waals surface area contributed by atoms with Crippen LogP contribution in [0.3, 0.4) is 0 Å². The van der Waals surface area contributed by atoms with Crippen LogP contribution in [-0.4, -0.2) is 43.5 Å². The van der Waals surface area contributed by atoms with Crippen LogP contribution in [0.15, 0.2) is 0 Å². The molecule has 0 aromatic carbocycles. The molecule has 1 atom stereocenters. The number of carbonyl (C=O) groups excluding carboxylic acids is 1. The highest BCUT2D eigenvalue weighted by molar-refractivity contribution is 5.73. The molecular weight excluding hydrogens is 196 g/mol. The Hall–Kier alpha value is -0.810. The molecule has 0 bridgehead atoms. The Kier molecular flexibility index (Phi) is 6.11. The second-order valence-electron chi connectivity index (χ2n) is 3.68. The van der Waals surface area contributed by atoms with Crippen molar-refractivity contribution in [3.05, 3.63) is 0 Å². The lowest BCUT2D eigenvalue weighted by molar-refractivity contribution is 0.0120. The fourth-order valence-electron chi connectivity index (χ4n) is 1.61. The summed E-state index contributed by atoms with van der Waals surface area (Å²) in [6.07, 6.45) is 4.64. The van der Waals surface area contributed by atoms with Gasteiger partial charge in [-0.05, 0) is 25.7 Å². The minimum Gasteiger partial charge on any atom is -0.395 e. The third-order valence-corrected chi connectivity index (χ3v) is 2.42. The number of aliphatic hydroxyl groups is 1. The van der Waals surface area contributed by atoms with Crippen LogP contribution in [0.25, 0.3) is 0 Å². The number of nitrogens with one attached hydrogen (secondary N) is 2. The topological polar surface area (TPSA) is 70.6 Å². The van der Waals surface area contributed by atoms with Crippen molar-refractivity contribution < 1.29 is 14.6 Å². The van der Waals surface area contributed by atoms with Crippen LogP contribution in [-0.2, 0) is 4.74 Å². The van der Waals surface area contributed by atoms with Crippen LogP contribution >= 0.6 is 0 Å². The lowest BCUT2D eigenvalue weighted by Crippen LogP contribution is -2.38. The SMILES string of the molecule is O=C(NCCO)NCCC1CCCCO1. The molecule has 88 valence electrons. The van der Waals surface area contributed by atoms with E-state index in [1.807, 2.05) is 0 Å². The molecule has 1 aliphatic rings. The molecule has 0 radical (unpaired) electrons. The van der Waals surface area contributed by atoms with Gasteiger partial charge in [0.2, 0.25) is 0 Å². The average Bonchev–Trinajstić information content (AvgIpc) is 2.28. The van der Waals surface area contributed by atoms with Gasteiger partial charge in [0.05, 0.1) is 12.7 Å². The van der Waals surface area contributed by atoms with E-state index < -0.39 is 0 Å². The van der Waals surface area contributed by atoms with Crippen LogP contribution < -0.4 is 10.6 Å². The largest absolute Gasteiger partial charge is 0.395 e. The molecule has 1 saturated heterocycles. The molecule has 1 aliphatic heterocycles. The third-order valence-electron chi connectivity index (χ3n) is 2.42. The van der Waals surface area contributed by atoms with Crippen LogP contribution in [0.2, 0.25) is 0 Å². The molecule has 0 aromatic rings. The van der Waals surface area contributed by atoms with Crippen molar-refractivity contribution >= 4 is 6.03 Å². The number of ether oxygens (including phenoxy) is 1. The van der Waals surface area contributed by atoms with Crippen molar-refractivity contribution in [1.82, 2.24) is 10.6 Å². The molecule has 1 fully saturated rings.